The van der Waals surface area contributed by atoms with Crippen molar-refractivity contribution in [1.82, 2.24) is 9.88 Å². The number of aromatic nitrogens is 1. The van der Waals surface area contributed by atoms with E-state index in [0.717, 1.165) is 12.0 Å². The molecule has 1 aliphatic rings. The van der Waals surface area contributed by atoms with E-state index in [0.29, 0.717) is 31.0 Å². The molecular formula is C21H22N2O3. The molecule has 1 aliphatic heterocycles. The lowest BCUT2D eigenvalue weighted by atomic mass is 9.86. The van der Waals surface area contributed by atoms with Crippen LogP contribution >= 0.6 is 0 Å². The molecule has 2 aromatic carbocycles. The molecule has 2 atom stereocenters. The van der Waals surface area contributed by atoms with Crippen LogP contribution in [0.2, 0.25) is 0 Å². The zero-order valence-electron chi connectivity index (χ0n) is 14.8. The molecule has 0 aliphatic carbocycles. The van der Waals surface area contributed by atoms with Gasteiger partial charge in [-0.2, -0.15) is 0 Å². The maximum Gasteiger partial charge on any atom is 0.276 e. The van der Waals surface area contributed by atoms with E-state index < -0.39 is 6.10 Å². The van der Waals surface area contributed by atoms with Crippen LogP contribution in [0.3, 0.4) is 0 Å². The third-order valence-corrected chi connectivity index (χ3v) is 5.24. The molecule has 134 valence electrons. The van der Waals surface area contributed by atoms with Gasteiger partial charge in [0.25, 0.3) is 5.91 Å². The van der Waals surface area contributed by atoms with Crippen LogP contribution in [0.5, 0.6) is 0 Å². The zero-order valence-corrected chi connectivity index (χ0v) is 14.8. The van der Waals surface area contributed by atoms with Crippen LogP contribution in [0.25, 0.3) is 10.8 Å². The molecule has 0 saturated carbocycles. The molecule has 5 heteroatoms. The molecular weight excluding hydrogens is 328 g/mol. The summed E-state index contributed by atoms with van der Waals surface area (Å²) in [6.07, 6.45) is 2.07. The number of hydrogen-bond acceptors (Lipinski definition) is 4. The van der Waals surface area contributed by atoms with Crippen molar-refractivity contribution in [3.8, 4) is 0 Å². The van der Waals surface area contributed by atoms with Crippen LogP contribution in [-0.2, 0) is 6.42 Å². The summed E-state index contributed by atoms with van der Waals surface area (Å²) in [4.78, 5) is 18.4. The predicted octanol–water partition coefficient (Wildman–Crippen LogP) is 3.38. The Hall–Kier alpha value is -2.66. The third kappa shape index (κ3) is 2.99. The number of carbonyl (C=O) groups is 1. The SMILES string of the molecule is CCc1ocnc1C(=O)N1CC[C@H](c2ccc3ccccc3c2)[C@@H](O)C1. The standard InChI is InChI=1S/C21H22N2O3/c1-2-19-20(22-13-26-19)21(25)23-10-9-17(18(24)12-23)16-8-7-14-5-3-4-6-15(14)11-16/h3-8,11,13,17-18,24H,2,9-10,12H2,1H3/t17-,18+/m1/s1. The summed E-state index contributed by atoms with van der Waals surface area (Å²) in [6.45, 7) is 2.84. The summed E-state index contributed by atoms with van der Waals surface area (Å²) in [5, 5.41) is 13.1. The number of β-amino-alcohol motifs (C(OH)–C–C–N with tert-alkyl or cyclic N) is 1. The quantitative estimate of drug-likeness (QED) is 0.786. The monoisotopic (exact) mass is 350 g/mol. The van der Waals surface area contributed by atoms with Gasteiger partial charge in [-0.25, -0.2) is 4.98 Å². The van der Waals surface area contributed by atoms with Gasteiger partial charge in [0.05, 0.1) is 6.10 Å². The van der Waals surface area contributed by atoms with Gasteiger partial charge < -0.3 is 14.4 Å². The Morgan fingerprint density at radius 3 is 2.85 bits per heavy atom. The fourth-order valence-electron chi connectivity index (χ4n) is 3.79. The highest BCUT2D eigenvalue weighted by Gasteiger charge is 2.33. The van der Waals surface area contributed by atoms with Crippen LogP contribution in [0, 0.1) is 0 Å². The summed E-state index contributed by atoms with van der Waals surface area (Å²) < 4.78 is 5.26. The smallest absolute Gasteiger partial charge is 0.276 e. The second-order valence-corrected chi connectivity index (χ2v) is 6.80. The molecule has 0 spiro atoms. The van der Waals surface area contributed by atoms with Gasteiger partial charge in [0.1, 0.15) is 5.76 Å². The van der Waals surface area contributed by atoms with Gasteiger partial charge in [-0.1, -0.05) is 49.4 Å². The highest BCUT2D eigenvalue weighted by molar-refractivity contribution is 5.93. The van der Waals surface area contributed by atoms with E-state index in [1.807, 2.05) is 19.1 Å². The number of aryl methyl sites for hydroxylation is 1. The van der Waals surface area contributed by atoms with Crippen molar-refractivity contribution in [2.75, 3.05) is 13.1 Å². The third-order valence-electron chi connectivity index (χ3n) is 5.24. The number of nitrogens with zero attached hydrogens (tertiary/aromatic N) is 2. The number of carbonyl (C=O) groups excluding carboxylic acids is 1. The van der Waals surface area contributed by atoms with Crippen molar-refractivity contribution in [1.29, 1.82) is 0 Å². The average Bonchev–Trinajstić information content (AvgIpc) is 3.15. The summed E-state index contributed by atoms with van der Waals surface area (Å²) in [7, 11) is 0. The lowest BCUT2D eigenvalue weighted by Crippen LogP contribution is -2.46. The molecule has 26 heavy (non-hydrogen) atoms. The molecule has 1 amide bonds. The average molecular weight is 350 g/mol. The van der Waals surface area contributed by atoms with E-state index in [1.165, 1.54) is 17.2 Å². The van der Waals surface area contributed by atoms with Gasteiger partial charge in [0, 0.05) is 25.4 Å². The number of hydrogen-bond donors (Lipinski definition) is 1. The van der Waals surface area contributed by atoms with Crippen LogP contribution < -0.4 is 0 Å². The van der Waals surface area contributed by atoms with Crippen LogP contribution in [-0.4, -0.2) is 40.1 Å². The number of piperidine rings is 1. The van der Waals surface area contributed by atoms with Crippen LogP contribution in [0.4, 0.5) is 0 Å². The molecule has 1 aromatic heterocycles. The predicted molar refractivity (Wildman–Crippen MR) is 99.1 cm³/mol. The second-order valence-electron chi connectivity index (χ2n) is 6.80. The molecule has 1 saturated heterocycles. The van der Waals surface area contributed by atoms with Crippen molar-refractivity contribution in [2.45, 2.75) is 31.8 Å². The lowest BCUT2D eigenvalue weighted by Gasteiger charge is -2.36. The van der Waals surface area contributed by atoms with Gasteiger partial charge in [0.2, 0.25) is 0 Å². The maximum atomic E-state index is 12.7. The first-order valence-corrected chi connectivity index (χ1v) is 9.05. The number of aliphatic hydroxyl groups excluding tert-OH is 1. The van der Waals surface area contributed by atoms with Crippen molar-refractivity contribution in [2.24, 2.45) is 0 Å². The van der Waals surface area contributed by atoms with Gasteiger partial charge in [-0.15, -0.1) is 0 Å². The minimum Gasteiger partial charge on any atom is -0.448 e. The van der Waals surface area contributed by atoms with Gasteiger partial charge >= 0.3 is 0 Å². The Labute approximate surface area is 152 Å². The summed E-state index contributed by atoms with van der Waals surface area (Å²) in [5.41, 5.74) is 1.49. The topological polar surface area (TPSA) is 66.6 Å². The van der Waals surface area contributed by atoms with Crippen LogP contribution in [0.1, 0.15) is 41.1 Å². The summed E-state index contributed by atoms with van der Waals surface area (Å²) in [5.74, 6) is 0.472. The van der Waals surface area contributed by atoms with Crippen LogP contribution in [0.15, 0.2) is 53.3 Å². The number of oxazole rings is 1. The molecule has 0 bridgehead atoms. The summed E-state index contributed by atoms with van der Waals surface area (Å²) in [6, 6.07) is 14.5. The van der Waals surface area contributed by atoms with Crippen molar-refractivity contribution in [3.05, 3.63) is 65.9 Å². The zero-order chi connectivity index (χ0) is 18.1. The molecule has 3 aromatic rings. The number of amides is 1. The minimum atomic E-state index is -0.592. The Morgan fingerprint density at radius 1 is 1.27 bits per heavy atom. The van der Waals surface area contributed by atoms with E-state index in [9.17, 15) is 9.90 Å². The van der Waals surface area contributed by atoms with E-state index in [1.54, 1.807) is 4.90 Å². The highest BCUT2D eigenvalue weighted by Crippen LogP contribution is 2.31. The molecule has 0 unspecified atom stereocenters. The van der Waals surface area contributed by atoms with Crippen molar-refractivity contribution >= 4 is 16.7 Å². The lowest BCUT2D eigenvalue weighted by molar-refractivity contribution is 0.0377. The number of likely N-dealkylation sites (tertiary alicyclic amines) is 1. The van der Waals surface area contributed by atoms with Crippen molar-refractivity contribution < 1.29 is 14.3 Å². The molecule has 1 N–H and O–H groups in total. The maximum absolute atomic E-state index is 12.7. The number of benzene rings is 2. The number of aliphatic hydroxyl groups is 1. The Kier molecular flexibility index (Phi) is 4.47. The van der Waals surface area contributed by atoms with Gasteiger partial charge in [-0.05, 0) is 22.8 Å². The second kappa shape index (κ2) is 6.92. The largest absolute Gasteiger partial charge is 0.448 e. The molecule has 5 nitrogen and oxygen atoms in total. The summed E-state index contributed by atoms with van der Waals surface area (Å²) >= 11 is 0. The fraction of sp³-hybridized carbons (Fsp3) is 0.333. The first-order valence-electron chi connectivity index (χ1n) is 9.05. The Bertz CT molecular complexity index is 934. The number of rotatable bonds is 3. The molecule has 4 rings (SSSR count). The van der Waals surface area contributed by atoms with E-state index >= 15 is 0 Å². The van der Waals surface area contributed by atoms with E-state index in [4.69, 9.17) is 4.42 Å². The normalized spacial score (nSPS) is 20.5. The van der Waals surface area contributed by atoms with Gasteiger partial charge in [-0.3, -0.25) is 4.79 Å². The fourth-order valence-corrected chi connectivity index (χ4v) is 3.79. The first-order chi connectivity index (χ1) is 12.7. The van der Waals surface area contributed by atoms with Crippen molar-refractivity contribution in [3.63, 3.8) is 0 Å². The molecule has 2 heterocycles. The van der Waals surface area contributed by atoms with E-state index in [-0.39, 0.29) is 11.8 Å². The van der Waals surface area contributed by atoms with E-state index in [2.05, 4.69) is 35.3 Å². The Morgan fingerprint density at radius 2 is 2.08 bits per heavy atom. The molecule has 1 fully saturated rings. The minimum absolute atomic E-state index is 0.0339. The number of fused-ring (bicyclic) bond motifs is 1. The Balaban J connectivity index is 1.51. The highest BCUT2D eigenvalue weighted by atomic mass is 16.3. The molecule has 0 radical (unpaired) electrons. The van der Waals surface area contributed by atoms with Gasteiger partial charge in [0.15, 0.2) is 12.1 Å². The first kappa shape index (κ1) is 16.8.